The molecule has 0 spiro atoms. The molecule has 0 bridgehead atoms. The van der Waals surface area contributed by atoms with Crippen LogP contribution in [0.3, 0.4) is 0 Å². The molecular weight excluding hydrogens is 1110 g/mol. The molecule has 12 nitrogen and oxygen atoms in total. The van der Waals surface area contributed by atoms with Crippen LogP contribution in [0.25, 0.3) is 0 Å². The van der Waals surface area contributed by atoms with Gasteiger partial charge < -0.3 is 35.2 Å². The van der Waals surface area contributed by atoms with Crippen molar-refractivity contribution in [3.63, 3.8) is 0 Å². The van der Waals surface area contributed by atoms with Crippen LogP contribution >= 0.6 is 0 Å². The van der Waals surface area contributed by atoms with Gasteiger partial charge >= 0.3 is 10.4 Å². The molecule has 0 aromatic carbocycles. The Labute approximate surface area is 538 Å². The molecule has 1 rings (SSSR count). The maximum Gasteiger partial charge on any atom is 0.397 e. The van der Waals surface area contributed by atoms with E-state index < -0.39 is 59.9 Å². The van der Waals surface area contributed by atoms with Crippen molar-refractivity contribution in [2.45, 2.75) is 442 Å². The third kappa shape index (κ3) is 55.0. The second-order valence-electron chi connectivity index (χ2n) is 27.0. The highest BCUT2D eigenvalue weighted by Crippen LogP contribution is 2.27. The van der Waals surface area contributed by atoms with Gasteiger partial charge in [-0.25, -0.2) is 4.18 Å². The number of hydrogen-bond donors (Lipinski definition) is 6. The van der Waals surface area contributed by atoms with Crippen LogP contribution in [-0.2, 0) is 28.9 Å². The van der Waals surface area contributed by atoms with Crippen LogP contribution in [0, 0.1) is 0 Å². The molecule has 13 heteroatoms. The van der Waals surface area contributed by atoms with Gasteiger partial charge in [-0.2, -0.15) is 8.42 Å². The van der Waals surface area contributed by atoms with E-state index in [1.807, 2.05) is 6.08 Å². The Bertz CT molecular complexity index is 1570. The monoisotopic (exact) mass is 1260 g/mol. The first-order valence-corrected chi connectivity index (χ1v) is 39.4. The molecule has 1 saturated heterocycles. The van der Waals surface area contributed by atoms with Crippen LogP contribution in [0.5, 0.6) is 0 Å². The second kappa shape index (κ2) is 63.6. The van der Waals surface area contributed by atoms with Gasteiger partial charge in [0.2, 0.25) is 5.91 Å². The molecule has 0 radical (unpaired) electrons. The normalized spacial score (nSPS) is 18.1. The van der Waals surface area contributed by atoms with Gasteiger partial charge in [0.05, 0.1) is 25.4 Å². The van der Waals surface area contributed by atoms with Crippen molar-refractivity contribution >= 4 is 16.3 Å². The lowest BCUT2D eigenvalue weighted by molar-refractivity contribution is -0.298. The van der Waals surface area contributed by atoms with Crippen molar-refractivity contribution in [3.05, 3.63) is 12.2 Å². The lowest BCUT2D eigenvalue weighted by atomic mass is 9.99. The van der Waals surface area contributed by atoms with Crippen LogP contribution in [0.2, 0.25) is 0 Å². The zero-order valence-corrected chi connectivity index (χ0v) is 57.9. The number of aliphatic hydroxyl groups is 4. The molecule has 1 heterocycles. The van der Waals surface area contributed by atoms with Crippen molar-refractivity contribution in [2.75, 3.05) is 13.2 Å². The molecule has 1 amide bonds. The third-order valence-electron chi connectivity index (χ3n) is 18.6. The minimum atomic E-state index is -5.09. The first-order chi connectivity index (χ1) is 42.5. The fourth-order valence-corrected chi connectivity index (χ4v) is 13.3. The quantitative estimate of drug-likeness (QED) is 0.0193. The van der Waals surface area contributed by atoms with Gasteiger partial charge in [0.15, 0.2) is 6.29 Å². The van der Waals surface area contributed by atoms with E-state index in [2.05, 4.69) is 23.3 Å². The number of carbonyl (C=O) groups is 1. The van der Waals surface area contributed by atoms with Crippen molar-refractivity contribution in [3.8, 4) is 0 Å². The summed E-state index contributed by atoms with van der Waals surface area (Å²) in [4.78, 5) is 13.2. The molecule has 0 aromatic heterocycles. The van der Waals surface area contributed by atoms with Crippen molar-refractivity contribution in [1.29, 1.82) is 0 Å². The average molecular weight is 1260 g/mol. The Hall–Kier alpha value is -1.16. The van der Waals surface area contributed by atoms with E-state index in [1.54, 1.807) is 6.08 Å². The molecular formula is C74H145NO11S. The molecule has 0 aromatic rings. The number of amides is 1. The lowest BCUT2D eigenvalue weighted by Crippen LogP contribution is -2.61. The maximum absolute atomic E-state index is 13.2. The Morgan fingerprint density at radius 2 is 0.724 bits per heavy atom. The number of aliphatic hydroxyl groups excluding tert-OH is 4. The zero-order valence-electron chi connectivity index (χ0n) is 57.1. The van der Waals surface area contributed by atoms with Gasteiger partial charge in [0.25, 0.3) is 0 Å². The number of unbranched alkanes of at least 4 members (excludes halogenated alkanes) is 57. The molecule has 1 aliphatic rings. The summed E-state index contributed by atoms with van der Waals surface area (Å²) in [5, 5.41) is 45.2. The van der Waals surface area contributed by atoms with E-state index in [0.717, 1.165) is 38.5 Å². The minimum absolute atomic E-state index is 0.252. The summed E-state index contributed by atoms with van der Waals surface area (Å²) in [6.45, 7) is 3.47. The molecule has 1 fully saturated rings. The molecule has 6 N–H and O–H groups in total. The molecule has 518 valence electrons. The topological polar surface area (TPSA) is 192 Å². The average Bonchev–Trinajstić information content (AvgIpc) is 2.46. The van der Waals surface area contributed by atoms with Crippen LogP contribution < -0.4 is 5.32 Å². The van der Waals surface area contributed by atoms with Crippen molar-refractivity contribution in [1.82, 2.24) is 5.32 Å². The van der Waals surface area contributed by atoms with E-state index in [4.69, 9.17) is 9.47 Å². The molecule has 0 saturated carbocycles. The summed E-state index contributed by atoms with van der Waals surface area (Å²) < 4.78 is 48.1. The first-order valence-electron chi connectivity index (χ1n) is 38.1. The third-order valence-corrected chi connectivity index (χ3v) is 19.0. The second-order valence-corrected chi connectivity index (χ2v) is 28.0. The van der Waals surface area contributed by atoms with Crippen LogP contribution in [0.15, 0.2) is 12.2 Å². The highest BCUT2D eigenvalue weighted by atomic mass is 32.3. The highest BCUT2D eigenvalue weighted by molar-refractivity contribution is 7.80. The predicted molar refractivity (Wildman–Crippen MR) is 366 cm³/mol. The summed E-state index contributed by atoms with van der Waals surface area (Å²) in [5.74, 6) is -0.252. The molecule has 0 aliphatic carbocycles. The van der Waals surface area contributed by atoms with Crippen molar-refractivity contribution < 1.29 is 51.8 Å². The van der Waals surface area contributed by atoms with Crippen molar-refractivity contribution in [2.24, 2.45) is 0 Å². The zero-order chi connectivity index (χ0) is 63.2. The maximum atomic E-state index is 13.2. The summed E-state index contributed by atoms with van der Waals surface area (Å²) in [7, 11) is -5.09. The predicted octanol–water partition coefficient (Wildman–Crippen LogP) is 20.5. The summed E-state index contributed by atoms with van der Waals surface area (Å²) >= 11 is 0. The van der Waals surface area contributed by atoms with Gasteiger partial charge in [-0.15, -0.1) is 0 Å². The molecule has 7 atom stereocenters. The Balaban J connectivity index is 2.14. The summed E-state index contributed by atoms with van der Waals surface area (Å²) in [5.41, 5.74) is 0. The Morgan fingerprint density at radius 1 is 0.448 bits per heavy atom. The van der Waals surface area contributed by atoms with E-state index in [9.17, 15) is 38.2 Å². The van der Waals surface area contributed by atoms with E-state index in [1.165, 1.54) is 334 Å². The van der Waals surface area contributed by atoms with E-state index in [0.29, 0.717) is 6.42 Å². The van der Waals surface area contributed by atoms with Gasteiger partial charge in [-0.1, -0.05) is 386 Å². The number of nitrogens with one attached hydrogen (secondary N) is 1. The lowest BCUT2D eigenvalue weighted by Gasteiger charge is -2.41. The van der Waals surface area contributed by atoms with Gasteiger partial charge in [0, 0.05) is 6.42 Å². The van der Waals surface area contributed by atoms with E-state index in [-0.39, 0.29) is 18.9 Å². The largest absolute Gasteiger partial charge is 0.397 e. The Morgan fingerprint density at radius 3 is 1.00 bits per heavy atom. The van der Waals surface area contributed by atoms with Crippen LogP contribution in [-0.4, -0.2) is 95.4 Å². The smallest absolute Gasteiger partial charge is 0.394 e. The number of ether oxygens (including phenoxy) is 2. The fourth-order valence-electron chi connectivity index (χ4n) is 12.8. The molecule has 1 aliphatic heterocycles. The minimum Gasteiger partial charge on any atom is -0.394 e. The van der Waals surface area contributed by atoms with Gasteiger partial charge in [-0.05, 0) is 19.3 Å². The number of allylic oxidation sites excluding steroid dienone is 1. The Kier molecular flexibility index (Phi) is 61.3. The summed E-state index contributed by atoms with van der Waals surface area (Å²) in [6, 6.07) is -0.942. The molecule has 7 unspecified atom stereocenters. The fraction of sp³-hybridized carbons (Fsp3) is 0.959. The first kappa shape index (κ1) is 83.9. The standard InChI is InChI=1S/C74H145NO11S/c1-3-5-7-9-11-13-15-17-19-21-23-25-26-27-28-29-30-31-32-33-34-35-36-37-38-39-40-41-42-44-46-48-50-52-54-56-58-60-62-64-70(78)75-67(66-84-74-72(80)73(86-87(81,82)83)71(79)69(65-76)85-74)68(77)63-61-59-57-55-53-51-49-47-45-43-24-22-20-18-16-14-12-10-8-6-4-2/h61,63,67-69,71-74,76-77,79-80H,3-60,62,64-66H2,1-2H3,(H,75,78)(H,81,82,83)/b63-61+. The number of rotatable bonds is 69. The van der Waals surface area contributed by atoms with Gasteiger partial charge in [0.1, 0.15) is 24.4 Å². The SMILES string of the molecule is CCCCCCCCCCCCCCCCCCCCC/C=C/C(O)C(COC1OC(CO)C(O)C(OS(=O)(=O)O)C1O)NC(=O)CCCCCCCCCCCCCCCCCCCCCCCCCCCCCCCCCCCCCCCCC. The molecule has 87 heavy (non-hydrogen) atoms. The van der Waals surface area contributed by atoms with Crippen LogP contribution in [0.4, 0.5) is 0 Å². The van der Waals surface area contributed by atoms with Crippen LogP contribution in [0.1, 0.15) is 399 Å². The van der Waals surface area contributed by atoms with Gasteiger partial charge in [-0.3, -0.25) is 9.35 Å². The number of hydrogen-bond acceptors (Lipinski definition) is 10. The number of carbonyl (C=O) groups excluding carboxylic acids is 1. The summed E-state index contributed by atoms with van der Waals surface area (Å²) in [6.07, 6.45) is 73.2. The van der Waals surface area contributed by atoms with E-state index >= 15 is 0 Å². The highest BCUT2D eigenvalue weighted by Gasteiger charge is 2.48.